The Bertz CT molecular complexity index is 445. The van der Waals surface area contributed by atoms with E-state index >= 15 is 0 Å². The van der Waals surface area contributed by atoms with Crippen molar-refractivity contribution in [3.8, 4) is 5.75 Å². The van der Waals surface area contributed by atoms with E-state index in [0.29, 0.717) is 12.5 Å². The third-order valence-corrected chi connectivity index (χ3v) is 4.10. The van der Waals surface area contributed by atoms with Gasteiger partial charge < -0.3 is 15.8 Å². The number of carbonyl (C=O) groups is 1. The minimum Gasteiger partial charge on any atom is -0.490 e. The Morgan fingerprint density at radius 2 is 1.74 bits per heavy atom. The van der Waals surface area contributed by atoms with Gasteiger partial charge in [-0.25, -0.2) is 0 Å². The lowest BCUT2D eigenvalue weighted by atomic mass is 10.1. The van der Waals surface area contributed by atoms with Gasteiger partial charge in [0.2, 0.25) is 5.91 Å². The van der Waals surface area contributed by atoms with E-state index in [1.165, 1.54) is 12.8 Å². The number of carbonyl (C=O) groups excluding carboxylic acids is 1. The molecule has 0 spiro atoms. The maximum atomic E-state index is 11.8. The fourth-order valence-corrected chi connectivity index (χ4v) is 2.82. The average Bonchev–Trinajstić information content (AvgIpc) is 3.02. The lowest BCUT2D eigenvalue weighted by Crippen LogP contribution is -2.12. The Labute approximate surface area is 145 Å². The fourth-order valence-electron chi connectivity index (χ4n) is 2.82. The highest BCUT2D eigenvalue weighted by Crippen LogP contribution is 2.25. The molecule has 1 saturated carbocycles. The molecule has 1 aromatic carbocycles. The molecule has 1 aliphatic rings. The largest absolute Gasteiger partial charge is 0.490 e. The number of ether oxygens (including phenoxy) is 1. The summed E-state index contributed by atoms with van der Waals surface area (Å²) in [4.78, 5) is 11.8. The Morgan fingerprint density at radius 3 is 2.39 bits per heavy atom. The van der Waals surface area contributed by atoms with Gasteiger partial charge in [-0.3, -0.25) is 4.79 Å². The van der Waals surface area contributed by atoms with Crippen LogP contribution in [0, 0.1) is 0 Å². The summed E-state index contributed by atoms with van der Waals surface area (Å²) in [6, 6.07) is 7.71. The minimum absolute atomic E-state index is 0. The molecule has 0 radical (unpaired) electrons. The van der Waals surface area contributed by atoms with Crippen LogP contribution in [0.25, 0.3) is 0 Å². The fraction of sp³-hybridized carbons (Fsp3) is 0.611. The number of anilines is 1. The van der Waals surface area contributed by atoms with Crippen LogP contribution in [0.15, 0.2) is 24.3 Å². The van der Waals surface area contributed by atoms with Gasteiger partial charge in [0.05, 0.1) is 6.10 Å². The van der Waals surface area contributed by atoms with Crippen molar-refractivity contribution in [1.29, 1.82) is 0 Å². The third-order valence-electron chi connectivity index (χ3n) is 4.10. The summed E-state index contributed by atoms with van der Waals surface area (Å²) in [7, 11) is 0. The van der Waals surface area contributed by atoms with E-state index < -0.39 is 0 Å². The van der Waals surface area contributed by atoms with Crippen molar-refractivity contribution in [3.63, 3.8) is 0 Å². The Morgan fingerprint density at radius 1 is 1.09 bits per heavy atom. The summed E-state index contributed by atoms with van der Waals surface area (Å²) < 4.78 is 5.91. The second-order valence-corrected chi connectivity index (χ2v) is 6.05. The van der Waals surface area contributed by atoms with E-state index in [0.717, 1.165) is 56.5 Å². The van der Waals surface area contributed by atoms with E-state index in [-0.39, 0.29) is 18.3 Å². The maximum absolute atomic E-state index is 11.8. The molecule has 2 rings (SSSR count). The maximum Gasteiger partial charge on any atom is 0.224 e. The average molecular weight is 341 g/mol. The van der Waals surface area contributed by atoms with Crippen molar-refractivity contribution >= 4 is 24.0 Å². The number of hydrogen-bond acceptors (Lipinski definition) is 3. The van der Waals surface area contributed by atoms with Crippen LogP contribution in [0.4, 0.5) is 5.69 Å². The zero-order chi connectivity index (χ0) is 15.6. The molecule has 0 aromatic heterocycles. The predicted octanol–water partition coefficient (Wildman–Crippen LogP) is 4.28. The van der Waals surface area contributed by atoms with Gasteiger partial charge in [-0.1, -0.05) is 12.8 Å². The van der Waals surface area contributed by atoms with Crippen LogP contribution < -0.4 is 15.8 Å². The molecule has 1 aromatic rings. The van der Waals surface area contributed by atoms with Crippen molar-refractivity contribution in [2.75, 3.05) is 11.9 Å². The van der Waals surface area contributed by atoms with Crippen molar-refractivity contribution < 1.29 is 9.53 Å². The first kappa shape index (κ1) is 19.8. The van der Waals surface area contributed by atoms with Gasteiger partial charge in [0.15, 0.2) is 0 Å². The molecule has 1 aliphatic carbocycles. The van der Waals surface area contributed by atoms with Crippen LogP contribution >= 0.6 is 12.4 Å². The molecule has 0 unspecified atom stereocenters. The first-order valence-electron chi connectivity index (χ1n) is 8.54. The molecule has 0 aliphatic heterocycles. The van der Waals surface area contributed by atoms with Gasteiger partial charge in [0.25, 0.3) is 0 Å². The summed E-state index contributed by atoms with van der Waals surface area (Å²) in [6.07, 6.45) is 9.94. The van der Waals surface area contributed by atoms with Crippen LogP contribution in [0.1, 0.15) is 57.8 Å². The molecule has 130 valence electrons. The SMILES string of the molecule is Cl.NCCCCCCC(=O)Nc1ccc(OC2CCCC2)cc1. The molecule has 3 N–H and O–H groups in total. The van der Waals surface area contributed by atoms with Crippen LogP contribution in [-0.4, -0.2) is 18.6 Å². The first-order chi connectivity index (χ1) is 10.8. The van der Waals surface area contributed by atoms with Crippen LogP contribution in [-0.2, 0) is 4.79 Å². The number of unbranched alkanes of at least 4 members (excludes halogenated alkanes) is 3. The van der Waals surface area contributed by atoms with E-state index in [2.05, 4.69) is 5.32 Å². The van der Waals surface area contributed by atoms with Gasteiger partial charge in [-0.2, -0.15) is 0 Å². The lowest BCUT2D eigenvalue weighted by molar-refractivity contribution is -0.116. The molecule has 0 bridgehead atoms. The molecule has 1 amide bonds. The van der Waals surface area contributed by atoms with Gasteiger partial charge in [0, 0.05) is 12.1 Å². The highest BCUT2D eigenvalue weighted by molar-refractivity contribution is 5.90. The van der Waals surface area contributed by atoms with Crippen LogP contribution in [0.3, 0.4) is 0 Å². The Hall–Kier alpha value is -1.26. The first-order valence-corrected chi connectivity index (χ1v) is 8.54. The summed E-state index contributed by atoms with van der Waals surface area (Å²) in [5.41, 5.74) is 6.29. The number of hydrogen-bond donors (Lipinski definition) is 2. The van der Waals surface area contributed by atoms with Gasteiger partial charge >= 0.3 is 0 Å². The number of benzene rings is 1. The van der Waals surface area contributed by atoms with Gasteiger partial charge in [-0.05, 0) is 69.3 Å². The normalized spacial score (nSPS) is 14.3. The van der Waals surface area contributed by atoms with E-state index in [1.54, 1.807) is 0 Å². The molecule has 23 heavy (non-hydrogen) atoms. The molecule has 0 heterocycles. The number of nitrogens with one attached hydrogen (secondary N) is 1. The Kier molecular flexibility index (Phi) is 9.72. The second kappa shape index (κ2) is 11.3. The summed E-state index contributed by atoms with van der Waals surface area (Å²) in [5.74, 6) is 0.976. The molecule has 4 nitrogen and oxygen atoms in total. The number of halogens is 1. The highest BCUT2D eigenvalue weighted by Gasteiger charge is 2.16. The van der Waals surface area contributed by atoms with E-state index in [1.807, 2.05) is 24.3 Å². The minimum atomic E-state index is 0. The molecular formula is C18H29ClN2O2. The van der Waals surface area contributed by atoms with E-state index in [4.69, 9.17) is 10.5 Å². The Balaban J connectivity index is 0.00000264. The number of rotatable bonds is 9. The predicted molar refractivity (Wildman–Crippen MR) is 97.3 cm³/mol. The zero-order valence-corrected chi connectivity index (χ0v) is 14.6. The summed E-state index contributed by atoms with van der Waals surface area (Å²) in [5, 5.41) is 2.93. The smallest absolute Gasteiger partial charge is 0.224 e. The molecule has 0 saturated heterocycles. The quantitative estimate of drug-likeness (QED) is 0.659. The zero-order valence-electron chi connectivity index (χ0n) is 13.8. The van der Waals surface area contributed by atoms with Crippen molar-refractivity contribution in [3.05, 3.63) is 24.3 Å². The van der Waals surface area contributed by atoms with Crippen LogP contribution in [0.2, 0.25) is 0 Å². The van der Waals surface area contributed by atoms with Crippen molar-refractivity contribution in [1.82, 2.24) is 0 Å². The van der Waals surface area contributed by atoms with Gasteiger partial charge in [-0.15, -0.1) is 12.4 Å². The third kappa shape index (κ3) is 7.71. The molecule has 1 fully saturated rings. The molecule has 5 heteroatoms. The molecular weight excluding hydrogens is 312 g/mol. The number of amides is 1. The van der Waals surface area contributed by atoms with Crippen molar-refractivity contribution in [2.24, 2.45) is 5.73 Å². The second-order valence-electron chi connectivity index (χ2n) is 6.05. The topological polar surface area (TPSA) is 64.4 Å². The standard InChI is InChI=1S/C18H28N2O2.ClH/c19-14-6-2-1-3-9-18(21)20-15-10-12-17(13-11-15)22-16-7-4-5-8-16;/h10-13,16H,1-9,14,19H2,(H,20,21);1H. The highest BCUT2D eigenvalue weighted by atomic mass is 35.5. The van der Waals surface area contributed by atoms with E-state index in [9.17, 15) is 4.79 Å². The summed E-state index contributed by atoms with van der Waals surface area (Å²) >= 11 is 0. The van der Waals surface area contributed by atoms with Crippen molar-refractivity contribution in [2.45, 2.75) is 63.9 Å². The monoisotopic (exact) mass is 340 g/mol. The van der Waals surface area contributed by atoms with Crippen LogP contribution in [0.5, 0.6) is 5.75 Å². The molecule has 0 atom stereocenters. The van der Waals surface area contributed by atoms with Gasteiger partial charge in [0.1, 0.15) is 5.75 Å². The lowest BCUT2D eigenvalue weighted by Gasteiger charge is -2.13. The number of nitrogens with two attached hydrogens (primary N) is 1. The summed E-state index contributed by atoms with van der Waals surface area (Å²) in [6.45, 7) is 0.738.